The van der Waals surface area contributed by atoms with E-state index in [9.17, 15) is 9.59 Å². The number of hydrogen-bond acceptors (Lipinski definition) is 5. The van der Waals surface area contributed by atoms with Crippen molar-refractivity contribution in [2.45, 2.75) is 33.2 Å². The first-order chi connectivity index (χ1) is 14.0. The van der Waals surface area contributed by atoms with Crippen molar-refractivity contribution >= 4 is 23.2 Å². The van der Waals surface area contributed by atoms with Crippen LogP contribution in [0, 0.1) is 0 Å². The molecule has 148 valence electrons. The van der Waals surface area contributed by atoms with Crippen LogP contribution in [0.3, 0.4) is 0 Å². The first kappa shape index (κ1) is 20.2. The molecule has 0 saturated carbocycles. The van der Waals surface area contributed by atoms with Crippen LogP contribution in [0.2, 0.25) is 0 Å². The summed E-state index contributed by atoms with van der Waals surface area (Å²) in [6.07, 6.45) is 0.925. The van der Waals surface area contributed by atoms with Gasteiger partial charge >= 0.3 is 0 Å². The van der Waals surface area contributed by atoms with E-state index in [4.69, 9.17) is 0 Å². The maximum atomic E-state index is 12.8. The maximum Gasteiger partial charge on any atom is 0.274 e. The van der Waals surface area contributed by atoms with E-state index in [1.54, 1.807) is 30.3 Å². The molecule has 1 amide bonds. The molecule has 2 N–H and O–H groups in total. The van der Waals surface area contributed by atoms with Crippen LogP contribution in [-0.4, -0.2) is 27.7 Å². The Morgan fingerprint density at radius 2 is 1.69 bits per heavy atom. The summed E-state index contributed by atoms with van der Waals surface area (Å²) >= 11 is 0. The summed E-state index contributed by atoms with van der Waals surface area (Å²) < 4.78 is 0. The van der Waals surface area contributed by atoms with Gasteiger partial charge in [-0.2, -0.15) is 0 Å². The Bertz CT molecular complexity index is 1000. The van der Waals surface area contributed by atoms with Crippen LogP contribution in [0.25, 0.3) is 11.4 Å². The van der Waals surface area contributed by atoms with E-state index in [-0.39, 0.29) is 23.4 Å². The summed E-state index contributed by atoms with van der Waals surface area (Å²) in [6, 6.07) is 18.2. The predicted octanol–water partition coefficient (Wildman–Crippen LogP) is 4.81. The average molecular weight is 388 g/mol. The monoisotopic (exact) mass is 388 g/mol. The summed E-state index contributed by atoms with van der Waals surface area (Å²) in [5, 5.41) is 6.14. The maximum absolute atomic E-state index is 12.8. The molecule has 0 fully saturated rings. The minimum Gasteiger partial charge on any atom is -0.367 e. The third-order valence-corrected chi connectivity index (χ3v) is 4.55. The van der Waals surface area contributed by atoms with Crippen molar-refractivity contribution in [1.29, 1.82) is 0 Å². The van der Waals surface area contributed by atoms with Gasteiger partial charge in [-0.15, -0.1) is 0 Å². The molecule has 0 aliphatic carbocycles. The number of benzene rings is 2. The Morgan fingerprint density at radius 3 is 2.31 bits per heavy atom. The van der Waals surface area contributed by atoms with Crippen LogP contribution < -0.4 is 10.6 Å². The third-order valence-electron chi connectivity index (χ3n) is 4.55. The molecule has 3 aromatic rings. The fourth-order valence-electron chi connectivity index (χ4n) is 2.69. The molecule has 0 aliphatic rings. The summed E-state index contributed by atoms with van der Waals surface area (Å²) in [5.41, 5.74) is 2.29. The third kappa shape index (κ3) is 5.25. The highest BCUT2D eigenvalue weighted by atomic mass is 16.2. The number of nitrogens with one attached hydrogen (secondary N) is 2. The van der Waals surface area contributed by atoms with Crippen LogP contribution in [-0.2, 0) is 0 Å². The molecule has 0 radical (unpaired) electrons. The molecule has 0 aliphatic heterocycles. The fourth-order valence-corrected chi connectivity index (χ4v) is 2.69. The number of ketones is 1. The standard InChI is InChI=1S/C23H24N4O2/c1-4-15(2)24-21-14-20(26-22(27-21)18-8-6-5-7-9-18)23(29)25-19-12-10-17(11-13-19)16(3)28/h5-15H,4H2,1-3H3,(H,25,29)(H,24,26,27). The van der Waals surface area contributed by atoms with Gasteiger partial charge in [0, 0.05) is 28.9 Å². The molecular weight excluding hydrogens is 364 g/mol. The van der Waals surface area contributed by atoms with Crippen molar-refractivity contribution in [3.8, 4) is 11.4 Å². The Hall–Kier alpha value is -3.54. The highest BCUT2D eigenvalue weighted by Crippen LogP contribution is 2.20. The second-order valence-corrected chi connectivity index (χ2v) is 6.87. The Labute approximate surface area is 170 Å². The second kappa shape index (κ2) is 9.10. The van der Waals surface area contributed by atoms with Crippen LogP contribution in [0.4, 0.5) is 11.5 Å². The molecule has 2 aromatic carbocycles. The largest absolute Gasteiger partial charge is 0.367 e. The smallest absolute Gasteiger partial charge is 0.274 e. The molecule has 29 heavy (non-hydrogen) atoms. The zero-order valence-electron chi connectivity index (χ0n) is 16.8. The Balaban J connectivity index is 1.90. The van der Waals surface area contributed by atoms with Crippen molar-refractivity contribution < 1.29 is 9.59 Å². The van der Waals surface area contributed by atoms with Gasteiger partial charge in [0.2, 0.25) is 0 Å². The molecule has 0 spiro atoms. The van der Waals surface area contributed by atoms with Gasteiger partial charge in [-0.3, -0.25) is 9.59 Å². The summed E-state index contributed by atoms with van der Waals surface area (Å²) in [7, 11) is 0. The van der Waals surface area contributed by atoms with Crippen molar-refractivity contribution in [3.63, 3.8) is 0 Å². The summed E-state index contributed by atoms with van der Waals surface area (Å²) in [6.45, 7) is 5.64. The quantitative estimate of drug-likeness (QED) is 0.568. The Kier molecular flexibility index (Phi) is 6.34. The number of Topliss-reactive ketones (excluding diaryl/α,β-unsaturated/α-hetero) is 1. The van der Waals surface area contributed by atoms with E-state index in [0.29, 0.717) is 22.9 Å². The number of anilines is 2. The SMILES string of the molecule is CCC(C)Nc1cc(C(=O)Nc2ccc(C(C)=O)cc2)nc(-c2ccccc2)n1. The van der Waals surface area contributed by atoms with E-state index in [1.807, 2.05) is 30.3 Å². The number of aromatic nitrogens is 2. The topological polar surface area (TPSA) is 84.0 Å². The highest BCUT2D eigenvalue weighted by Gasteiger charge is 2.14. The summed E-state index contributed by atoms with van der Waals surface area (Å²) in [4.78, 5) is 33.3. The van der Waals surface area contributed by atoms with Crippen LogP contribution in [0.1, 0.15) is 48.0 Å². The highest BCUT2D eigenvalue weighted by molar-refractivity contribution is 6.04. The van der Waals surface area contributed by atoms with Crippen LogP contribution >= 0.6 is 0 Å². The molecule has 1 unspecified atom stereocenters. The number of rotatable bonds is 7. The van der Waals surface area contributed by atoms with E-state index in [2.05, 4.69) is 34.4 Å². The fraction of sp³-hybridized carbons (Fsp3) is 0.217. The number of amides is 1. The van der Waals surface area contributed by atoms with Gasteiger partial charge in [-0.05, 0) is 44.5 Å². The van der Waals surface area contributed by atoms with Gasteiger partial charge < -0.3 is 10.6 Å². The first-order valence-corrected chi connectivity index (χ1v) is 9.59. The zero-order chi connectivity index (χ0) is 20.8. The lowest BCUT2D eigenvalue weighted by atomic mass is 10.1. The van der Waals surface area contributed by atoms with Gasteiger partial charge in [0.05, 0.1) is 0 Å². The molecular formula is C23H24N4O2. The van der Waals surface area contributed by atoms with Gasteiger partial charge in [0.15, 0.2) is 11.6 Å². The minimum absolute atomic E-state index is 0.0214. The van der Waals surface area contributed by atoms with Crippen LogP contribution in [0.15, 0.2) is 60.7 Å². The predicted molar refractivity (Wildman–Crippen MR) is 115 cm³/mol. The molecule has 0 saturated heterocycles. The van der Waals surface area contributed by atoms with Gasteiger partial charge in [0.25, 0.3) is 5.91 Å². The van der Waals surface area contributed by atoms with Crippen molar-refractivity contribution in [1.82, 2.24) is 9.97 Å². The minimum atomic E-state index is -0.340. The lowest BCUT2D eigenvalue weighted by Gasteiger charge is -2.14. The second-order valence-electron chi connectivity index (χ2n) is 6.87. The summed E-state index contributed by atoms with van der Waals surface area (Å²) in [5.74, 6) is 0.723. The molecule has 1 aromatic heterocycles. The van der Waals surface area contributed by atoms with Crippen LogP contribution in [0.5, 0.6) is 0 Å². The molecule has 1 atom stereocenters. The van der Waals surface area contributed by atoms with E-state index >= 15 is 0 Å². The molecule has 1 heterocycles. The molecule has 3 rings (SSSR count). The van der Waals surface area contributed by atoms with E-state index in [0.717, 1.165) is 12.0 Å². The first-order valence-electron chi connectivity index (χ1n) is 9.59. The molecule has 6 nitrogen and oxygen atoms in total. The lowest BCUT2D eigenvalue weighted by Crippen LogP contribution is -2.18. The van der Waals surface area contributed by atoms with Gasteiger partial charge in [0.1, 0.15) is 11.5 Å². The average Bonchev–Trinajstić information content (AvgIpc) is 2.74. The molecule has 6 heteroatoms. The number of hydrogen-bond donors (Lipinski definition) is 2. The van der Waals surface area contributed by atoms with Gasteiger partial charge in [-0.25, -0.2) is 9.97 Å². The van der Waals surface area contributed by atoms with Crippen molar-refractivity contribution in [2.24, 2.45) is 0 Å². The zero-order valence-corrected chi connectivity index (χ0v) is 16.8. The van der Waals surface area contributed by atoms with Gasteiger partial charge in [-0.1, -0.05) is 37.3 Å². The van der Waals surface area contributed by atoms with Crippen molar-refractivity contribution in [2.75, 3.05) is 10.6 Å². The Morgan fingerprint density at radius 1 is 1.00 bits per heavy atom. The number of carbonyl (C=O) groups is 2. The lowest BCUT2D eigenvalue weighted by molar-refractivity contribution is 0.101. The van der Waals surface area contributed by atoms with E-state index in [1.165, 1.54) is 6.92 Å². The van der Waals surface area contributed by atoms with Crippen molar-refractivity contribution in [3.05, 3.63) is 71.9 Å². The molecule has 0 bridgehead atoms. The normalized spacial score (nSPS) is 11.6. The van der Waals surface area contributed by atoms with E-state index < -0.39 is 0 Å². The number of carbonyl (C=O) groups excluding carboxylic acids is 2. The number of nitrogens with zero attached hydrogens (tertiary/aromatic N) is 2.